The lowest BCUT2D eigenvalue weighted by Crippen LogP contribution is -2.56. The predicted octanol–water partition coefficient (Wildman–Crippen LogP) is 3.67. The summed E-state index contributed by atoms with van der Waals surface area (Å²) in [5, 5.41) is 2.88. The Kier molecular flexibility index (Phi) is 14.5. The molecule has 22 heavy (non-hydrogen) atoms. The third-order valence-electron chi connectivity index (χ3n) is 2.38. The molecular weight excluding hydrogens is 430 g/mol. The Morgan fingerprint density at radius 3 is 1.64 bits per heavy atom. The van der Waals surface area contributed by atoms with Gasteiger partial charge in [0.25, 0.3) is 0 Å². The van der Waals surface area contributed by atoms with E-state index in [-0.39, 0.29) is 0 Å². The Morgan fingerprint density at radius 1 is 0.909 bits per heavy atom. The Hall–Kier alpha value is -0.0531. The van der Waals surface area contributed by atoms with E-state index in [1.54, 1.807) is 12.4 Å². The molecule has 0 aliphatic carbocycles. The minimum absolute atomic E-state index is 0.578. The number of pyridine rings is 1. The number of halogens is 2. The first-order valence-corrected chi connectivity index (χ1v) is 11.3. The van der Waals surface area contributed by atoms with E-state index in [9.17, 15) is 0 Å². The lowest BCUT2D eigenvalue weighted by Gasteiger charge is -2.28. The standard InChI is InChI=1S/C11H19NO3Si.C4H6Br2/c1-4-13-16(14-5-2,15-6-3)11-7-9-12-10-8-11;5-3-1-2-4-6/h7-10H,4-6H2,1-3H3;1-2H,3-4H2. The Morgan fingerprint density at radius 2 is 1.32 bits per heavy atom. The fourth-order valence-corrected chi connectivity index (χ4v) is 4.60. The lowest BCUT2D eigenvalue weighted by molar-refractivity contribution is 0.0859. The van der Waals surface area contributed by atoms with Crippen LogP contribution < -0.4 is 5.19 Å². The second kappa shape index (κ2) is 14.5. The molecule has 0 saturated heterocycles. The monoisotopic (exact) mass is 453 g/mol. The predicted molar refractivity (Wildman–Crippen MR) is 101 cm³/mol. The van der Waals surface area contributed by atoms with Crippen LogP contribution in [-0.2, 0) is 13.3 Å². The number of allylic oxidation sites excluding steroid dienone is 2. The summed E-state index contributed by atoms with van der Waals surface area (Å²) in [6.07, 6.45) is 7.56. The second-order valence-electron chi connectivity index (χ2n) is 3.87. The average Bonchev–Trinajstić information content (AvgIpc) is 2.55. The van der Waals surface area contributed by atoms with E-state index in [4.69, 9.17) is 13.3 Å². The van der Waals surface area contributed by atoms with Crippen LogP contribution in [0.2, 0.25) is 0 Å². The van der Waals surface area contributed by atoms with Gasteiger partial charge in [0.15, 0.2) is 0 Å². The van der Waals surface area contributed by atoms with E-state index >= 15 is 0 Å². The molecule has 0 aromatic carbocycles. The van der Waals surface area contributed by atoms with Crippen molar-refractivity contribution in [2.45, 2.75) is 20.8 Å². The first-order chi connectivity index (χ1) is 10.7. The molecule has 4 nitrogen and oxygen atoms in total. The van der Waals surface area contributed by atoms with Gasteiger partial charge in [-0.3, -0.25) is 4.98 Å². The van der Waals surface area contributed by atoms with Gasteiger partial charge in [-0.15, -0.1) is 0 Å². The molecule has 0 unspecified atom stereocenters. The highest BCUT2D eigenvalue weighted by molar-refractivity contribution is 9.09. The van der Waals surface area contributed by atoms with Crippen molar-refractivity contribution in [3.63, 3.8) is 0 Å². The molecule has 1 aromatic heterocycles. The average molecular weight is 455 g/mol. The van der Waals surface area contributed by atoms with E-state index in [1.807, 2.05) is 32.9 Å². The number of aromatic nitrogens is 1. The summed E-state index contributed by atoms with van der Waals surface area (Å²) in [6, 6.07) is 3.79. The third-order valence-corrected chi connectivity index (χ3v) is 6.18. The van der Waals surface area contributed by atoms with Crippen molar-refractivity contribution in [3.8, 4) is 0 Å². The van der Waals surface area contributed by atoms with E-state index < -0.39 is 8.80 Å². The summed E-state index contributed by atoms with van der Waals surface area (Å²) >= 11 is 6.49. The Balaban J connectivity index is 0.000000626. The minimum atomic E-state index is -2.71. The molecule has 0 atom stereocenters. The van der Waals surface area contributed by atoms with Crippen molar-refractivity contribution in [1.82, 2.24) is 4.98 Å². The first-order valence-electron chi connectivity index (χ1n) is 7.29. The molecule has 1 rings (SSSR count). The summed E-state index contributed by atoms with van der Waals surface area (Å²) in [7, 11) is -2.71. The van der Waals surface area contributed by atoms with E-state index in [1.165, 1.54) is 0 Å². The van der Waals surface area contributed by atoms with Crippen LogP contribution in [0.25, 0.3) is 0 Å². The topological polar surface area (TPSA) is 40.6 Å². The molecule has 126 valence electrons. The van der Waals surface area contributed by atoms with Crippen LogP contribution in [0.1, 0.15) is 20.8 Å². The normalized spacial score (nSPS) is 11.3. The third kappa shape index (κ3) is 8.55. The van der Waals surface area contributed by atoms with Crippen molar-refractivity contribution in [3.05, 3.63) is 36.7 Å². The number of hydrogen-bond donors (Lipinski definition) is 0. The van der Waals surface area contributed by atoms with Crippen LogP contribution in [0.4, 0.5) is 0 Å². The van der Waals surface area contributed by atoms with Crippen molar-refractivity contribution in [2.24, 2.45) is 0 Å². The molecule has 0 aliphatic heterocycles. The van der Waals surface area contributed by atoms with Crippen LogP contribution in [0.5, 0.6) is 0 Å². The van der Waals surface area contributed by atoms with Gasteiger partial charge in [-0.2, -0.15) is 0 Å². The number of alkyl halides is 2. The van der Waals surface area contributed by atoms with Gasteiger partial charge in [0, 0.05) is 48.1 Å². The van der Waals surface area contributed by atoms with Crippen LogP contribution in [0.3, 0.4) is 0 Å². The number of rotatable bonds is 9. The SMILES string of the molecule is BrCC=CCBr.CCO[Si](OCC)(OCC)c1ccncc1. The summed E-state index contributed by atoms with van der Waals surface area (Å²) in [4.78, 5) is 3.99. The lowest BCUT2D eigenvalue weighted by atomic mass is 10.5. The molecule has 0 radical (unpaired) electrons. The fourth-order valence-electron chi connectivity index (χ4n) is 1.63. The van der Waals surface area contributed by atoms with Crippen LogP contribution in [0, 0.1) is 0 Å². The fraction of sp³-hybridized carbons (Fsp3) is 0.533. The molecule has 0 spiro atoms. The number of nitrogens with zero attached hydrogens (tertiary/aromatic N) is 1. The summed E-state index contributed by atoms with van der Waals surface area (Å²) in [6.45, 7) is 7.57. The van der Waals surface area contributed by atoms with Crippen LogP contribution in [-0.4, -0.2) is 44.3 Å². The highest BCUT2D eigenvalue weighted by Crippen LogP contribution is 2.10. The maximum absolute atomic E-state index is 5.76. The molecule has 1 aromatic rings. The molecule has 0 amide bonds. The maximum atomic E-state index is 5.76. The highest BCUT2D eigenvalue weighted by atomic mass is 79.9. The second-order valence-corrected chi connectivity index (χ2v) is 7.72. The van der Waals surface area contributed by atoms with Gasteiger partial charge in [-0.05, 0) is 32.9 Å². The number of hydrogen-bond acceptors (Lipinski definition) is 4. The van der Waals surface area contributed by atoms with Gasteiger partial charge >= 0.3 is 8.80 Å². The van der Waals surface area contributed by atoms with E-state index in [2.05, 4.69) is 49.0 Å². The smallest absolute Gasteiger partial charge is 0.370 e. The zero-order chi connectivity index (χ0) is 16.7. The Labute approximate surface area is 151 Å². The quantitative estimate of drug-likeness (QED) is 0.324. The largest absolute Gasteiger partial charge is 0.537 e. The first kappa shape index (κ1) is 21.9. The molecule has 7 heteroatoms. The van der Waals surface area contributed by atoms with Crippen molar-refractivity contribution in [2.75, 3.05) is 30.5 Å². The van der Waals surface area contributed by atoms with E-state index in [0.29, 0.717) is 19.8 Å². The zero-order valence-electron chi connectivity index (χ0n) is 13.4. The van der Waals surface area contributed by atoms with Gasteiger partial charge in [-0.1, -0.05) is 44.0 Å². The zero-order valence-corrected chi connectivity index (χ0v) is 17.6. The van der Waals surface area contributed by atoms with Crippen molar-refractivity contribution >= 4 is 45.9 Å². The summed E-state index contributed by atoms with van der Waals surface area (Å²) < 4.78 is 17.3. The molecular formula is C15H25Br2NO3Si. The minimum Gasteiger partial charge on any atom is -0.370 e. The maximum Gasteiger partial charge on any atom is 0.537 e. The van der Waals surface area contributed by atoms with E-state index in [0.717, 1.165) is 15.8 Å². The molecule has 1 heterocycles. The summed E-state index contributed by atoms with van der Waals surface area (Å²) in [5.74, 6) is 0. The molecule has 0 N–H and O–H groups in total. The molecule has 0 fully saturated rings. The Bertz CT molecular complexity index is 371. The van der Waals surface area contributed by atoms with Crippen molar-refractivity contribution < 1.29 is 13.3 Å². The van der Waals surface area contributed by atoms with Gasteiger partial charge in [-0.25, -0.2) is 0 Å². The van der Waals surface area contributed by atoms with Crippen molar-refractivity contribution in [1.29, 1.82) is 0 Å². The van der Waals surface area contributed by atoms with Crippen LogP contribution in [0.15, 0.2) is 36.7 Å². The van der Waals surface area contributed by atoms with Gasteiger partial charge in [0.2, 0.25) is 0 Å². The molecule has 0 bridgehead atoms. The molecule has 0 saturated carbocycles. The highest BCUT2D eigenvalue weighted by Gasteiger charge is 2.42. The summed E-state index contributed by atoms with van der Waals surface area (Å²) in [5.41, 5.74) is 0. The van der Waals surface area contributed by atoms with Gasteiger partial charge in [0.1, 0.15) is 0 Å². The van der Waals surface area contributed by atoms with Gasteiger partial charge < -0.3 is 13.3 Å². The van der Waals surface area contributed by atoms with Crippen LogP contribution >= 0.6 is 31.9 Å². The molecule has 0 aliphatic rings. The van der Waals surface area contributed by atoms with Gasteiger partial charge in [0.05, 0.1) is 0 Å².